The number of rotatable bonds is 3. The predicted octanol–water partition coefficient (Wildman–Crippen LogP) is 1.34. The first kappa shape index (κ1) is 10.3. The molecule has 2 N–H and O–H groups in total. The Bertz CT molecular complexity index is 482. The van der Waals surface area contributed by atoms with Crippen molar-refractivity contribution in [1.82, 2.24) is 10.1 Å². The molecule has 0 radical (unpaired) electrons. The Balaban J connectivity index is 2.55. The maximum absolute atomic E-state index is 5.85. The first-order valence-electron chi connectivity index (χ1n) is 4.54. The molecular weight excluding hydrogens is 210 g/mol. The molecule has 2 aromatic rings. The molecular formula is C10H11N3O3. The standard InChI is InChI=1S/C10H11N3O3/c1-14-8-3-6(10-12-5-13-16-10)7(11)4-9(8)15-2/h3-5H,11H2,1-2H3. The highest BCUT2D eigenvalue weighted by Gasteiger charge is 2.13. The molecule has 16 heavy (non-hydrogen) atoms. The number of benzene rings is 1. The number of methoxy groups -OCH3 is 2. The number of hydrogen-bond acceptors (Lipinski definition) is 6. The molecule has 0 atom stereocenters. The maximum atomic E-state index is 5.85. The van der Waals surface area contributed by atoms with Gasteiger partial charge in [0.1, 0.15) is 0 Å². The first-order chi connectivity index (χ1) is 7.76. The summed E-state index contributed by atoms with van der Waals surface area (Å²) in [6, 6.07) is 3.35. The van der Waals surface area contributed by atoms with E-state index in [1.807, 2.05) is 0 Å². The smallest absolute Gasteiger partial charge is 0.259 e. The summed E-state index contributed by atoms with van der Waals surface area (Å²) >= 11 is 0. The molecule has 0 aliphatic heterocycles. The van der Waals surface area contributed by atoms with Crippen LogP contribution in [0, 0.1) is 0 Å². The first-order valence-corrected chi connectivity index (χ1v) is 4.54. The van der Waals surface area contributed by atoms with Crippen molar-refractivity contribution >= 4 is 5.69 Å². The van der Waals surface area contributed by atoms with Crippen LogP contribution in [-0.2, 0) is 0 Å². The van der Waals surface area contributed by atoms with Crippen LogP contribution >= 0.6 is 0 Å². The third-order valence-corrected chi connectivity index (χ3v) is 2.15. The summed E-state index contributed by atoms with van der Waals surface area (Å²) in [4.78, 5) is 3.92. The largest absolute Gasteiger partial charge is 0.493 e. The van der Waals surface area contributed by atoms with Gasteiger partial charge in [0.15, 0.2) is 17.8 Å². The van der Waals surface area contributed by atoms with Crippen LogP contribution in [0.5, 0.6) is 11.5 Å². The van der Waals surface area contributed by atoms with Crippen molar-refractivity contribution in [3.8, 4) is 23.0 Å². The predicted molar refractivity (Wildman–Crippen MR) is 57.3 cm³/mol. The second-order valence-corrected chi connectivity index (χ2v) is 3.04. The Labute approximate surface area is 92.0 Å². The summed E-state index contributed by atoms with van der Waals surface area (Å²) in [5.74, 6) is 1.46. The molecule has 84 valence electrons. The topological polar surface area (TPSA) is 83.4 Å². The fraction of sp³-hybridized carbons (Fsp3) is 0.200. The lowest BCUT2D eigenvalue weighted by molar-refractivity contribution is 0.355. The van der Waals surface area contributed by atoms with Gasteiger partial charge in [-0.25, -0.2) is 0 Å². The zero-order valence-corrected chi connectivity index (χ0v) is 8.93. The maximum Gasteiger partial charge on any atom is 0.259 e. The van der Waals surface area contributed by atoms with Crippen LogP contribution in [0.2, 0.25) is 0 Å². The van der Waals surface area contributed by atoms with E-state index in [4.69, 9.17) is 19.7 Å². The molecule has 0 spiro atoms. The van der Waals surface area contributed by atoms with Crippen LogP contribution in [0.1, 0.15) is 0 Å². The van der Waals surface area contributed by atoms with E-state index in [-0.39, 0.29) is 0 Å². The number of nitrogens with two attached hydrogens (primary N) is 1. The molecule has 0 amide bonds. The van der Waals surface area contributed by atoms with Crippen LogP contribution in [0.4, 0.5) is 5.69 Å². The summed E-state index contributed by atoms with van der Waals surface area (Å²) in [7, 11) is 3.09. The SMILES string of the molecule is COc1cc(N)c(-c2ncno2)cc1OC. The lowest BCUT2D eigenvalue weighted by atomic mass is 10.1. The average molecular weight is 221 g/mol. The second kappa shape index (κ2) is 4.09. The summed E-state index contributed by atoms with van der Waals surface area (Å²) < 4.78 is 15.2. The quantitative estimate of drug-likeness (QED) is 0.787. The minimum Gasteiger partial charge on any atom is -0.493 e. The highest BCUT2D eigenvalue weighted by Crippen LogP contribution is 2.36. The van der Waals surface area contributed by atoms with Gasteiger partial charge in [-0.05, 0) is 6.07 Å². The fourth-order valence-corrected chi connectivity index (χ4v) is 1.37. The molecule has 6 nitrogen and oxygen atoms in total. The van der Waals surface area contributed by atoms with Crippen molar-refractivity contribution in [1.29, 1.82) is 0 Å². The van der Waals surface area contributed by atoms with Gasteiger partial charge in [-0.3, -0.25) is 0 Å². The molecule has 1 heterocycles. The van der Waals surface area contributed by atoms with E-state index in [1.54, 1.807) is 26.4 Å². The van der Waals surface area contributed by atoms with Crippen LogP contribution in [0.3, 0.4) is 0 Å². The second-order valence-electron chi connectivity index (χ2n) is 3.04. The van der Waals surface area contributed by atoms with E-state index in [2.05, 4.69) is 10.1 Å². The van der Waals surface area contributed by atoms with Crippen LogP contribution < -0.4 is 15.2 Å². The number of hydrogen-bond donors (Lipinski definition) is 1. The van der Waals surface area contributed by atoms with Gasteiger partial charge in [-0.2, -0.15) is 4.98 Å². The summed E-state index contributed by atoms with van der Waals surface area (Å²) in [5, 5.41) is 3.52. The number of anilines is 1. The van der Waals surface area contributed by atoms with Gasteiger partial charge >= 0.3 is 0 Å². The van der Waals surface area contributed by atoms with E-state index in [0.29, 0.717) is 28.6 Å². The van der Waals surface area contributed by atoms with E-state index < -0.39 is 0 Å². The van der Waals surface area contributed by atoms with Gasteiger partial charge in [0, 0.05) is 11.8 Å². The van der Waals surface area contributed by atoms with Crippen LogP contribution in [0.15, 0.2) is 23.0 Å². The van der Waals surface area contributed by atoms with E-state index in [1.165, 1.54) is 6.33 Å². The molecule has 0 aliphatic rings. The number of nitrogens with zero attached hydrogens (tertiary/aromatic N) is 2. The third-order valence-electron chi connectivity index (χ3n) is 2.15. The van der Waals surface area contributed by atoms with Crippen molar-refractivity contribution in [2.45, 2.75) is 0 Å². The molecule has 0 fully saturated rings. The molecule has 0 saturated carbocycles. The monoisotopic (exact) mass is 221 g/mol. The molecule has 0 aliphatic carbocycles. The summed E-state index contributed by atoms with van der Waals surface area (Å²) in [5.41, 5.74) is 6.96. The lowest BCUT2D eigenvalue weighted by Crippen LogP contribution is -1.96. The Morgan fingerprint density at radius 1 is 1.19 bits per heavy atom. The Morgan fingerprint density at radius 2 is 1.88 bits per heavy atom. The highest BCUT2D eigenvalue weighted by atomic mass is 16.5. The van der Waals surface area contributed by atoms with Gasteiger partial charge in [-0.15, -0.1) is 0 Å². The lowest BCUT2D eigenvalue weighted by Gasteiger charge is -2.10. The molecule has 0 unspecified atom stereocenters. The van der Waals surface area contributed by atoms with Crippen molar-refractivity contribution in [3.05, 3.63) is 18.5 Å². The van der Waals surface area contributed by atoms with Crippen molar-refractivity contribution in [2.75, 3.05) is 20.0 Å². The van der Waals surface area contributed by atoms with E-state index in [0.717, 1.165) is 0 Å². The average Bonchev–Trinajstić information content (AvgIpc) is 2.82. The van der Waals surface area contributed by atoms with Gasteiger partial charge in [-0.1, -0.05) is 5.16 Å². The van der Waals surface area contributed by atoms with Crippen molar-refractivity contribution in [2.24, 2.45) is 0 Å². The number of aromatic nitrogens is 2. The number of ether oxygens (including phenoxy) is 2. The fourth-order valence-electron chi connectivity index (χ4n) is 1.37. The van der Waals surface area contributed by atoms with Crippen LogP contribution in [0.25, 0.3) is 11.5 Å². The Hall–Kier alpha value is -2.24. The minimum absolute atomic E-state index is 0.346. The van der Waals surface area contributed by atoms with Gasteiger partial charge < -0.3 is 19.7 Å². The molecule has 6 heteroatoms. The third kappa shape index (κ3) is 1.65. The van der Waals surface area contributed by atoms with E-state index >= 15 is 0 Å². The minimum atomic E-state index is 0.346. The zero-order valence-electron chi connectivity index (χ0n) is 8.93. The normalized spacial score (nSPS) is 10.1. The summed E-state index contributed by atoms with van der Waals surface area (Å²) in [6.45, 7) is 0. The van der Waals surface area contributed by atoms with Crippen molar-refractivity contribution < 1.29 is 14.0 Å². The van der Waals surface area contributed by atoms with Crippen molar-refractivity contribution in [3.63, 3.8) is 0 Å². The molecule has 2 rings (SSSR count). The number of nitrogen functional groups attached to an aromatic ring is 1. The summed E-state index contributed by atoms with van der Waals surface area (Å²) in [6.07, 6.45) is 1.31. The highest BCUT2D eigenvalue weighted by molar-refractivity contribution is 5.74. The van der Waals surface area contributed by atoms with Gasteiger partial charge in [0.05, 0.1) is 19.8 Å². The van der Waals surface area contributed by atoms with Gasteiger partial charge in [0.25, 0.3) is 5.89 Å². The van der Waals surface area contributed by atoms with Gasteiger partial charge in [0.2, 0.25) is 0 Å². The van der Waals surface area contributed by atoms with Crippen LogP contribution in [-0.4, -0.2) is 24.4 Å². The molecule has 0 bridgehead atoms. The van der Waals surface area contributed by atoms with E-state index in [9.17, 15) is 0 Å². The molecule has 1 aromatic carbocycles. The molecule has 0 saturated heterocycles. The zero-order chi connectivity index (χ0) is 11.5. The Morgan fingerprint density at radius 3 is 2.44 bits per heavy atom. The molecule has 1 aromatic heterocycles. The Kier molecular flexibility index (Phi) is 2.63.